The number of cyclic esters (lactones) is 1. The van der Waals surface area contributed by atoms with E-state index >= 15 is 0 Å². The molecule has 0 saturated heterocycles. The van der Waals surface area contributed by atoms with Crippen LogP contribution in [-0.2, 0) is 14.3 Å². The van der Waals surface area contributed by atoms with E-state index < -0.39 is 23.9 Å². The summed E-state index contributed by atoms with van der Waals surface area (Å²) < 4.78 is 5.19. The first kappa shape index (κ1) is 20.3. The number of rotatable bonds is 5. The minimum atomic E-state index is -0.617. The number of nitrogens with one attached hydrogen (secondary N) is 2. The average Bonchev–Trinajstić information content (AvgIpc) is 3.13. The van der Waals surface area contributed by atoms with E-state index in [-0.39, 0.29) is 13.2 Å². The van der Waals surface area contributed by atoms with Crippen molar-refractivity contribution in [3.05, 3.63) is 70.4 Å². The van der Waals surface area contributed by atoms with Crippen molar-refractivity contribution in [3.8, 4) is 0 Å². The summed E-state index contributed by atoms with van der Waals surface area (Å²) in [6, 6.07) is 13.2. The first-order chi connectivity index (χ1) is 14.5. The summed E-state index contributed by atoms with van der Waals surface area (Å²) >= 11 is 7.45. The van der Waals surface area contributed by atoms with Gasteiger partial charge in [0.25, 0.3) is 0 Å². The number of hydrogen-bond acceptors (Lipinski definition) is 5. The maximum absolute atomic E-state index is 12.8. The van der Waals surface area contributed by atoms with Crippen LogP contribution in [0.15, 0.2) is 64.7 Å². The number of amides is 3. The highest BCUT2D eigenvalue weighted by atomic mass is 35.5. The van der Waals surface area contributed by atoms with Gasteiger partial charge in [-0.15, -0.1) is 11.8 Å². The molecule has 2 aliphatic rings. The molecule has 0 aliphatic carbocycles. The highest BCUT2D eigenvalue weighted by Crippen LogP contribution is 2.35. The van der Waals surface area contributed by atoms with E-state index in [4.69, 9.17) is 16.3 Å². The molecular formula is C21H18ClN3O4S. The summed E-state index contributed by atoms with van der Waals surface area (Å²) in [5.41, 5.74) is 2.10. The molecule has 3 amide bonds. The van der Waals surface area contributed by atoms with Gasteiger partial charge in [-0.3, -0.25) is 9.69 Å². The monoisotopic (exact) mass is 443 g/mol. The molecule has 30 heavy (non-hydrogen) atoms. The lowest BCUT2D eigenvalue weighted by molar-refractivity contribution is -0.136. The van der Waals surface area contributed by atoms with Crippen molar-refractivity contribution < 1.29 is 19.1 Å². The third kappa shape index (κ3) is 4.01. The second-order valence-corrected chi connectivity index (χ2v) is 8.05. The molecule has 2 N–H and O–H groups in total. The van der Waals surface area contributed by atoms with Crippen molar-refractivity contribution in [3.63, 3.8) is 0 Å². The lowest BCUT2D eigenvalue weighted by Gasteiger charge is -2.32. The molecule has 0 bridgehead atoms. The van der Waals surface area contributed by atoms with Crippen LogP contribution in [0.3, 0.4) is 0 Å². The quantitative estimate of drug-likeness (QED) is 0.544. The van der Waals surface area contributed by atoms with Crippen LogP contribution in [-0.4, -0.2) is 42.2 Å². The van der Waals surface area contributed by atoms with Gasteiger partial charge in [0, 0.05) is 15.6 Å². The van der Waals surface area contributed by atoms with E-state index in [1.807, 2.05) is 30.5 Å². The highest BCUT2D eigenvalue weighted by molar-refractivity contribution is 7.98. The Kier molecular flexibility index (Phi) is 5.69. The number of nitrogens with zero attached hydrogens (tertiary/aromatic N) is 1. The second kappa shape index (κ2) is 8.41. The zero-order valence-electron chi connectivity index (χ0n) is 16.0. The molecule has 2 aromatic rings. The summed E-state index contributed by atoms with van der Waals surface area (Å²) in [6.45, 7) is -0.294. The number of hydrogen-bond donors (Lipinski definition) is 2. The number of carbonyl (C=O) groups is 3. The number of halogens is 1. The highest BCUT2D eigenvalue weighted by Gasteiger charge is 2.42. The summed E-state index contributed by atoms with van der Waals surface area (Å²) in [5, 5.41) is 6.09. The van der Waals surface area contributed by atoms with Gasteiger partial charge in [-0.05, 0) is 48.2 Å². The Bertz CT molecular complexity index is 1040. The van der Waals surface area contributed by atoms with Gasteiger partial charge in [0.15, 0.2) is 0 Å². The zero-order chi connectivity index (χ0) is 21.3. The van der Waals surface area contributed by atoms with Crippen molar-refractivity contribution in [2.24, 2.45) is 0 Å². The minimum Gasteiger partial charge on any atom is -0.456 e. The number of esters is 1. The van der Waals surface area contributed by atoms with Gasteiger partial charge in [0.05, 0.1) is 17.3 Å². The van der Waals surface area contributed by atoms with Crippen LogP contribution in [0.25, 0.3) is 0 Å². The molecular weight excluding hydrogens is 426 g/mol. The summed E-state index contributed by atoms with van der Waals surface area (Å²) in [6.07, 6.45) is 1.97. The lowest BCUT2D eigenvalue weighted by atomic mass is 9.96. The van der Waals surface area contributed by atoms with Crippen molar-refractivity contribution in [2.75, 3.05) is 24.7 Å². The summed E-state index contributed by atoms with van der Waals surface area (Å²) in [4.78, 5) is 40.0. The number of carbonyl (C=O) groups excluding carboxylic acids is 3. The van der Waals surface area contributed by atoms with Crippen LogP contribution in [0.2, 0.25) is 5.02 Å². The molecule has 154 valence electrons. The van der Waals surface area contributed by atoms with Crippen molar-refractivity contribution in [1.82, 2.24) is 10.2 Å². The van der Waals surface area contributed by atoms with E-state index in [0.29, 0.717) is 22.0 Å². The Hall–Kier alpha value is -2.97. The van der Waals surface area contributed by atoms with Crippen LogP contribution in [0, 0.1) is 0 Å². The number of anilines is 1. The van der Waals surface area contributed by atoms with E-state index in [1.165, 1.54) is 4.90 Å². The Morgan fingerprint density at radius 1 is 1.20 bits per heavy atom. The fourth-order valence-corrected chi connectivity index (χ4v) is 3.94. The number of urea groups is 1. The smallest absolute Gasteiger partial charge is 0.338 e. The van der Waals surface area contributed by atoms with Gasteiger partial charge in [0.2, 0.25) is 5.91 Å². The van der Waals surface area contributed by atoms with Crippen molar-refractivity contribution in [2.45, 2.75) is 10.9 Å². The van der Waals surface area contributed by atoms with Gasteiger partial charge < -0.3 is 15.4 Å². The number of ether oxygens (including phenoxy) is 1. The molecule has 0 fully saturated rings. The number of benzene rings is 2. The first-order valence-electron chi connectivity index (χ1n) is 9.14. The van der Waals surface area contributed by atoms with Crippen molar-refractivity contribution in [1.29, 1.82) is 0 Å². The predicted octanol–water partition coefficient (Wildman–Crippen LogP) is 3.58. The maximum atomic E-state index is 12.8. The van der Waals surface area contributed by atoms with Crippen LogP contribution >= 0.6 is 23.4 Å². The van der Waals surface area contributed by atoms with Gasteiger partial charge in [0.1, 0.15) is 13.2 Å². The van der Waals surface area contributed by atoms with E-state index in [0.717, 1.165) is 10.5 Å². The van der Waals surface area contributed by atoms with E-state index in [9.17, 15) is 14.4 Å². The molecule has 9 heteroatoms. The fraction of sp³-hybridized carbons (Fsp3) is 0.190. The topological polar surface area (TPSA) is 87.7 Å². The van der Waals surface area contributed by atoms with Gasteiger partial charge >= 0.3 is 12.0 Å². The van der Waals surface area contributed by atoms with Crippen LogP contribution < -0.4 is 10.6 Å². The summed E-state index contributed by atoms with van der Waals surface area (Å²) in [5.74, 6) is -0.895. The molecule has 7 nitrogen and oxygen atoms in total. The molecule has 2 aliphatic heterocycles. The molecule has 1 atom stereocenters. The van der Waals surface area contributed by atoms with Crippen LogP contribution in [0.1, 0.15) is 11.6 Å². The van der Waals surface area contributed by atoms with E-state index in [2.05, 4.69) is 10.6 Å². The average molecular weight is 444 g/mol. The Balaban J connectivity index is 1.57. The molecule has 0 saturated carbocycles. The zero-order valence-corrected chi connectivity index (χ0v) is 17.5. The molecule has 0 radical (unpaired) electrons. The largest absolute Gasteiger partial charge is 0.456 e. The lowest BCUT2D eigenvalue weighted by Crippen LogP contribution is -2.49. The molecule has 0 aromatic heterocycles. The van der Waals surface area contributed by atoms with Gasteiger partial charge in [-0.25, -0.2) is 9.59 Å². The minimum absolute atomic E-state index is 0.0464. The molecule has 2 heterocycles. The van der Waals surface area contributed by atoms with Crippen LogP contribution in [0.4, 0.5) is 10.5 Å². The SMILES string of the molecule is CSc1ccc([C@@H]2NC(=O)N(CC(=O)Nc3ccc(Cl)cc3)C3=C2C(=O)OC3)cc1. The third-order valence-corrected chi connectivity index (χ3v) is 5.87. The Morgan fingerprint density at radius 3 is 2.57 bits per heavy atom. The molecule has 0 spiro atoms. The number of thioether (sulfide) groups is 1. The standard InChI is InChI=1S/C21H18ClN3O4S/c1-30-15-8-2-12(3-9-15)19-18-16(11-29-20(18)27)25(21(28)24-19)10-17(26)23-14-6-4-13(22)5-7-14/h2-9,19H,10-11H2,1H3,(H,23,26)(H,24,28)/t19-/m0/s1. The normalized spacial score (nSPS) is 18.1. The van der Waals surface area contributed by atoms with Crippen LogP contribution in [0.5, 0.6) is 0 Å². The second-order valence-electron chi connectivity index (χ2n) is 6.73. The van der Waals surface area contributed by atoms with Gasteiger partial charge in [-0.1, -0.05) is 23.7 Å². The molecule has 4 rings (SSSR count). The Morgan fingerprint density at radius 2 is 1.90 bits per heavy atom. The van der Waals surface area contributed by atoms with Crippen molar-refractivity contribution >= 4 is 47.0 Å². The van der Waals surface area contributed by atoms with Gasteiger partial charge in [-0.2, -0.15) is 0 Å². The summed E-state index contributed by atoms with van der Waals surface area (Å²) in [7, 11) is 0. The molecule has 0 unspecified atom stereocenters. The fourth-order valence-electron chi connectivity index (χ4n) is 3.40. The first-order valence-corrected chi connectivity index (χ1v) is 10.7. The Labute approximate surface area is 182 Å². The third-order valence-electron chi connectivity index (χ3n) is 4.88. The maximum Gasteiger partial charge on any atom is 0.338 e. The predicted molar refractivity (Wildman–Crippen MR) is 114 cm³/mol. The van der Waals surface area contributed by atoms with E-state index in [1.54, 1.807) is 36.0 Å². The molecule has 2 aromatic carbocycles.